The Hall–Kier alpha value is -3.23. The zero-order valence-electron chi connectivity index (χ0n) is 18.0. The summed E-state index contributed by atoms with van der Waals surface area (Å²) in [5.74, 6) is 0.692. The molecule has 5 rings (SSSR count). The van der Waals surface area contributed by atoms with Crippen LogP contribution in [0.1, 0.15) is 21.6 Å². The molecule has 2 fully saturated rings. The molecular formula is C24H26N4O4. The summed E-state index contributed by atoms with van der Waals surface area (Å²) >= 11 is 0. The summed E-state index contributed by atoms with van der Waals surface area (Å²) in [5, 5.41) is 4.23. The third-order valence-electron chi connectivity index (χ3n) is 5.76. The van der Waals surface area contributed by atoms with Gasteiger partial charge in [0.05, 0.1) is 26.0 Å². The highest BCUT2D eigenvalue weighted by Gasteiger charge is 2.40. The monoisotopic (exact) mass is 434 g/mol. The van der Waals surface area contributed by atoms with Crippen molar-refractivity contribution in [3.8, 4) is 5.75 Å². The molecule has 0 unspecified atom stereocenters. The van der Waals surface area contributed by atoms with Crippen LogP contribution in [0.2, 0.25) is 0 Å². The van der Waals surface area contributed by atoms with Crippen molar-refractivity contribution >= 4 is 5.91 Å². The quantitative estimate of drug-likeness (QED) is 0.613. The minimum atomic E-state index is -0.201. The summed E-state index contributed by atoms with van der Waals surface area (Å²) < 4.78 is 19.9. The first-order valence-corrected chi connectivity index (χ1v) is 10.8. The summed E-state index contributed by atoms with van der Waals surface area (Å²) in [7, 11) is 0. The van der Waals surface area contributed by atoms with Crippen molar-refractivity contribution in [3.05, 3.63) is 77.9 Å². The molecule has 166 valence electrons. The van der Waals surface area contributed by atoms with Crippen LogP contribution in [0.3, 0.4) is 0 Å². The standard InChI is InChI=1S/C24H26N4O4/c1-17-6-7-20(11-25-17)32-21-15-30-22-13-27(14-23(22)31-16-21)24(29)19-5-2-4-18(10-19)12-28-9-3-8-26-28/h2-11,21-23H,12-16H2,1H3/t22-,23-/m0/s1. The number of amides is 1. The molecule has 0 spiro atoms. The largest absolute Gasteiger partial charge is 0.484 e. The highest BCUT2D eigenvalue weighted by Crippen LogP contribution is 2.24. The Morgan fingerprint density at radius 3 is 2.62 bits per heavy atom. The predicted octanol–water partition coefficient (Wildman–Crippen LogP) is 2.32. The lowest BCUT2D eigenvalue weighted by molar-refractivity contribution is -0.00461. The molecule has 0 N–H and O–H groups in total. The van der Waals surface area contributed by atoms with Gasteiger partial charge in [-0.1, -0.05) is 12.1 Å². The number of benzene rings is 1. The zero-order valence-corrected chi connectivity index (χ0v) is 18.0. The Balaban J connectivity index is 1.18. The maximum Gasteiger partial charge on any atom is 0.254 e. The van der Waals surface area contributed by atoms with Gasteiger partial charge in [0, 0.05) is 36.7 Å². The first-order chi connectivity index (χ1) is 15.6. The van der Waals surface area contributed by atoms with E-state index in [1.807, 2.05) is 65.2 Å². The van der Waals surface area contributed by atoms with Crippen LogP contribution in [0.25, 0.3) is 0 Å². The van der Waals surface area contributed by atoms with Gasteiger partial charge in [0.1, 0.15) is 24.1 Å². The normalized spacial score (nSPS) is 21.2. The van der Waals surface area contributed by atoms with Gasteiger partial charge in [-0.3, -0.25) is 14.5 Å². The molecule has 1 aromatic carbocycles. The minimum Gasteiger partial charge on any atom is -0.484 e. The maximum atomic E-state index is 13.1. The van der Waals surface area contributed by atoms with Crippen LogP contribution in [-0.2, 0) is 16.0 Å². The fraction of sp³-hybridized carbons (Fsp3) is 0.375. The lowest BCUT2D eigenvalue weighted by Gasteiger charge is -2.20. The summed E-state index contributed by atoms with van der Waals surface area (Å²) in [6.45, 7) is 4.40. The summed E-state index contributed by atoms with van der Waals surface area (Å²) in [4.78, 5) is 19.2. The van der Waals surface area contributed by atoms with Crippen molar-refractivity contribution in [3.63, 3.8) is 0 Å². The Morgan fingerprint density at radius 1 is 1.12 bits per heavy atom. The maximum absolute atomic E-state index is 13.1. The number of likely N-dealkylation sites (tertiary alicyclic amines) is 1. The number of aryl methyl sites for hydroxylation is 1. The number of pyridine rings is 1. The molecule has 32 heavy (non-hydrogen) atoms. The second-order valence-electron chi connectivity index (χ2n) is 8.23. The van der Waals surface area contributed by atoms with E-state index < -0.39 is 0 Å². The van der Waals surface area contributed by atoms with Gasteiger partial charge in [0.15, 0.2) is 0 Å². The van der Waals surface area contributed by atoms with E-state index in [0.29, 0.717) is 44.2 Å². The van der Waals surface area contributed by atoms with Crippen LogP contribution in [0.15, 0.2) is 61.1 Å². The molecule has 4 heterocycles. The molecule has 1 amide bonds. The van der Waals surface area contributed by atoms with E-state index >= 15 is 0 Å². The lowest BCUT2D eigenvalue weighted by atomic mass is 10.1. The van der Waals surface area contributed by atoms with Gasteiger partial charge in [-0.2, -0.15) is 5.10 Å². The molecule has 2 saturated heterocycles. The van der Waals surface area contributed by atoms with Gasteiger partial charge in [0.2, 0.25) is 0 Å². The number of fused-ring (bicyclic) bond motifs is 1. The van der Waals surface area contributed by atoms with Crippen molar-refractivity contribution in [1.82, 2.24) is 19.7 Å². The third-order valence-corrected chi connectivity index (χ3v) is 5.76. The molecule has 2 aliphatic heterocycles. The van der Waals surface area contributed by atoms with E-state index in [0.717, 1.165) is 11.3 Å². The molecule has 8 nitrogen and oxygen atoms in total. The minimum absolute atomic E-state index is 0.00822. The Kier molecular flexibility index (Phi) is 5.87. The van der Waals surface area contributed by atoms with Gasteiger partial charge in [-0.05, 0) is 42.8 Å². The summed E-state index contributed by atoms with van der Waals surface area (Å²) in [6.07, 6.45) is 4.85. The number of carbonyl (C=O) groups is 1. The van der Waals surface area contributed by atoms with E-state index in [2.05, 4.69) is 10.1 Å². The predicted molar refractivity (Wildman–Crippen MR) is 117 cm³/mol. The highest BCUT2D eigenvalue weighted by atomic mass is 16.6. The second-order valence-corrected chi connectivity index (χ2v) is 8.23. The number of rotatable bonds is 5. The zero-order chi connectivity index (χ0) is 21.9. The average Bonchev–Trinajstić information content (AvgIpc) is 3.43. The molecule has 2 atom stereocenters. The SMILES string of the molecule is Cc1ccc(OC2CO[C@H]3CN(C(=O)c4cccc(Cn5cccn5)c4)C[C@@H]3OC2)cn1. The van der Waals surface area contributed by atoms with Crippen LogP contribution in [0, 0.1) is 6.92 Å². The molecular weight excluding hydrogens is 408 g/mol. The van der Waals surface area contributed by atoms with Crippen LogP contribution in [0.4, 0.5) is 0 Å². The topological polar surface area (TPSA) is 78.7 Å². The van der Waals surface area contributed by atoms with Gasteiger partial charge >= 0.3 is 0 Å². The van der Waals surface area contributed by atoms with E-state index in [4.69, 9.17) is 14.2 Å². The number of ether oxygens (including phenoxy) is 3. The summed E-state index contributed by atoms with van der Waals surface area (Å²) in [5.41, 5.74) is 2.64. The molecule has 3 aromatic rings. The Bertz CT molecular complexity index is 1040. The number of nitrogens with zero attached hydrogens (tertiary/aromatic N) is 4. The highest BCUT2D eigenvalue weighted by molar-refractivity contribution is 5.94. The van der Waals surface area contributed by atoms with E-state index in [1.165, 1.54) is 0 Å². The Labute approximate surface area is 186 Å². The van der Waals surface area contributed by atoms with E-state index in [1.54, 1.807) is 12.4 Å². The average molecular weight is 434 g/mol. The number of carbonyl (C=O) groups excluding carboxylic acids is 1. The van der Waals surface area contributed by atoms with Crippen molar-refractivity contribution in [2.45, 2.75) is 31.8 Å². The summed E-state index contributed by atoms with van der Waals surface area (Å²) in [6, 6.07) is 13.4. The molecule has 0 radical (unpaired) electrons. The van der Waals surface area contributed by atoms with Gasteiger partial charge < -0.3 is 19.1 Å². The van der Waals surface area contributed by atoms with E-state index in [-0.39, 0.29) is 24.2 Å². The molecule has 0 bridgehead atoms. The molecule has 2 aromatic heterocycles. The van der Waals surface area contributed by atoms with Crippen LogP contribution >= 0.6 is 0 Å². The van der Waals surface area contributed by atoms with Gasteiger partial charge in [0.25, 0.3) is 5.91 Å². The van der Waals surface area contributed by atoms with Crippen molar-refractivity contribution < 1.29 is 19.0 Å². The van der Waals surface area contributed by atoms with Crippen molar-refractivity contribution in [2.75, 3.05) is 26.3 Å². The second kappa shape index (κ2) is 9.10. The smallest absolute Gasteiger partial charge is 0.254 e. The van der Waals surface area contributed by atoms with Crippen LogP contribution in [0.5, 0.6) is 5.75 Å². The van der Waals surface area contributed by atoms with Gasteiger partial charge in [-0.15, -0.1) is 0 Å². The number of aromatic nitrogens is 3. The fourth-order valence-corrected chi connectivity index (χ4v) is 4.09. The van der Waals surface area contributed by atoms with Crippen LogP contribution in [-0.4, -0.2) is 70.2 Å². The number of hydrogen-bond donors (Lipinski definition) is 0. The molecule has 0 aliphatic carbocycles. The van der Waals surface area contributed by atoms with Crippen LogP contribution < -0.4 is 4.74 Å². The van der Waals surface area contributed by atoms with Crippen molar-refractivity contribution in [2.24, 2.45) is 0 Å². The van der Waals surface area contributed by atoms with E-state index in [9.17, 15) is 4.79 Å². The molecule has 2 aliphatic rings. The number of hydrogen-bond acceptors (Lipinski definition) is 6. The van der Waals surface area contributed by atoms with Gasteiger partial charge in [-0.25, -0.2) is 0 Å². The first kappa shape index (κ1) is 20.7. The molecule has 8 heteroatoms. The fourth-order valence-electron chi connectivity index (χ4n) is 4.09. The lowest BCUT2D eigenvalue weighted by Crippen LogP contribution is -2.33. The Morgan fingerprint density at radius 2 is 1.94 bits per heavy atom. The van der Waals surface area contributed by atoms with Crippen molar-refractivity contribution in [1.29, 1.82) is 0 Å². The third kappa shape index (κ3) is 4.66. The first-order valence-electron chi connectivity index (χ1n) is 10.8. The molecule has 0 saturated carbocycles.